The Morgan fingerprint density at radius 2 is 1.81 bits per heavy atom. The molecule has 0 unspecified atom stereocenters. The maximum Gasteiger partial charge on any atom is 0.217 e. The van der Waals surface area contributed by atoms with Crippen molar-refractivity contribution in [3.63, 3.8) is 0 Å². The fraction of sp³-hybridized carbons (Fsp3) is 0.857. The number of aliphatic hydroxyl groups is 7. The molecule has 1 rings (SSSR count). The third-order valence-corrected chi connectivity index (χ3v) is 3.94. The van der Waals surface area contributed by atoms with Crippen LogP contribution < -0.4 is 5.32 Å². The highest BCUT2D eigenvalue weighted by Crippen LogP contribution is 2.24. The number of hydrogen-bond donors (Lipinski definition) is 8. The summed E-state index contributed by atoms with van der Waals surface area (Å²) >= 11 is 0. The van der Waals surface area contributed by atoms with E-state index in [1.54, 1.807) is 0 Å². The van der Waals surface area contributed by atoms with Crippen LogP contribution in [-0.2, 0) is 19.1 Å². The summed E-state index contributed by atoms with van der Waals surface area (Å²) in [7, 11) is 0. The Morgan fingerprint density at radius 1 is 1.19 bits per heavy atom. The lowest BCUT2D eigenvalue weighted by Gasteiger charge is -2.43. The molecule has 1 amide bonds. The summed E-state index contributed by atoms with van der Waals surface area (Å²) in [6.45, 7) is -0.498. The van der Waals surface area contributed by atoms with Gasteiger partial charge in [-0.1, -0.05) is 0 Å². The van der Waals surface area contributed by atoms with Gasteiger partial charge >= 0.3 is 0 Å². The van der Waals surface area contributed by atoms with Gasteiger partial charge in [0.05, 0.1) is 13.2 Å². The van der Waals surface area contributed by atoms with Gasteiger partial charge in [0.15, 0.2) is 12.6 Å². The number of hydrogen-bond acceptors (Lipinski definition) is 11. The van der Waals surface area contributed by atoms with Crippen LogP contribution in [-0.4, -0.2) is 116 Å². The summed E-state index contributed by atoms with van der Waals surface area (Å²) < 4.78 is 10.4. The number of aldehydes is 1. The predicted octanol–water partition coefficient (Wildman–Crippen LogP) is -5.41. The molecule has 0 radical (unpaired) electrons. The molecule has 8 N–H and O–H groups in total. The van der Waals surface area contributed by atoms with E-state index in [9.17, 15) is 40.2 Å². The number of rotatable bonds is 9. The van der Waals surface area contributed by atoms with Crippen molar-refractivity contribution >= 4 is 12.2 Å². The van der Waals surface area contributed by atoms with E-state index in [4.69, 9.17) is 14.6 Å². The second kappa shape index (κ2) is 10.2. The average molecular weight is 383 g/mol. The largest absolute Gasteiger partial charge is 0.394 e. The smallest absolute Gasteiger partial charge is 0.217 e. The van der Waals surface area contributed by atoms with Gasteiger partial charge in [0.2, 0.25) is 5.91 Å². The topological polar surface area (TPSA) is 206 Å². The summed E-state index contributed by atoms with van der Waals surface area (Å²) in [4.78, 5) is 22.5. The summed E-state index contributed by atoms with van der Waals surface area (Å²) in [5.41, 5.74) is 0. The number of nitrogens with one attached hydrogen (secondary N) is 1. The normalized spacial score (nSPS) is 33.8. The van der Waals surface area contributed by atoms with Crippen molar-refractivity contribution in [2.45, 2.75) is 62.0 Å². The highest BCUT2D eigenvalue weighted by molar-refractivity contribution is 5.73. The summed E-state index contributed by atoms with van der Waals surface area (Å²) in [5.74, 6) is -0.625. The molecule has 9 atom stereocenters. The van der Waals surface area contributed by atoms with Crippen LogP contribution in [0.3, 0.4) is 0 Å². The van der Waals surface area contributed by atoms with Crippen molar-refractivity contribution < 1.29 is 54.8 Å². The van der Waals surface area contributed by atoms with Gasteiger partial charge < -0.3 is 55.3 Å². The third-order valence-electron chi connectivity index (χ3n) is 3.94. The van der Waals surface area contributed by atoms with Crippen LogP contribution in [0.15, 0.2) is 0 Å². The van der Waals surface area contributed by atoms with Crippen molar-refractivity contribution in [3.8, 4) is 0 Å². The summed E-state index contributed by atoms with van der Waals surface area (Å²) in [6, 6.07) is -1.36. The van der Waals surface area contributed by atoms with Crippen molar-refractivity contribution in [2.75, 3.05) is 13.2 Å². The minimum absolute atomic E-state index is 0.0809. The van der Waals surface area contributed by atoms with Gasteiger partial charge in [-0.3, -0.25) is 4.79 Å². The van der Waals surface area contributed by atoms with Gasteiger partial charge in [-0.05, 0) is 0 Å². The lowest BCUT2D eigenvalue weighted by Crippen LogP contribution is -2.65. The molecule has 0 spiro atoms. The first-order valence-corrected chi connectivity index (χ1v) is 7.83. The maximum atomic E-state index is 11.3. The highest BCUT2D eigenvalue weighted by Gasteiger charge is 2.47. The Kier molecular flexibility index (Phi) is 8.95. The van der Waals surface area contributed by atoms with Gasteiger partial charge in [-0.15, -0.1) is 0 Å². The van der Waals surface area contributed by atoms with E-state index in [0.29, 0.717) is 0 Å². The van der Waals surface area contributed by atoms with Crippen LogP contribution in [0.1, 0.15) is 6.92 Å². The molecule has 26 heavy (non-hydrogen) atoms. The molecule has 0 aromatic rings. The first kappa shape index (κ1) is 22.8. The first-order valence-electron chi connectivity index (χ1n) is 7.83. The molecule has 1 fully saturated rings. The van der Waals surface area contributed by atoms with E-state index < -0.39 is 74.2 Å². The van der Waals surface area contributed by atoms with Crippen LogP contribution in [0, 0.1) is 0 Å². The first-order chi connectivity index (χ1) is 12.2. The van der Waals surface area contributed by atoms with E-state index in [0.717, 1.165) is 6.92 Å². The van der Waals surface area contributed by atoms with Crippen LogP contribution in [0.2, 0.25) is 0 Å². The fourth-order valence-electron chi connectivity index (χ4n) is 2.46. The second-order valence-corrected chi connectivity index (χ2v) is 5.90. The molecule has 1 aliphatic heterocycles. The zero-order valence-corrected chi connectivity index (χ0v) is 14.0. The monoisotopic (exact) mass is 383 g/mol. The van der Waals surface area contributed by atoms with Crippen molar-refractivity contribution in [1.82, 2.24) is 5.32 Å². The van der Waals surface area contributed by atoms with E-state index in [-0.39, 0.29) is 6.29 Å². The Labute approximate surface area is 148 Å². The molecule has 0 bridgehead atoms. The third kappa shape index (κ3) is 5.39. The molecule has 1 aliphatic rings. The quantitative estimate of drug-likeness (QED) is 0.176. The van der Waals surface area contributed by atoms with Gasteiger partial charge in [-0.2, -0.15) is 0 Å². The van der Waals surface area contributed by atoms with Gasteiger partial charge in [0.25, 0.3) is 0 Å². The number of amides is 1. The van der Waals surface area contributed by atoms with Gasteiger partial charge in [0, 0.05) is 6.92 Å². The molecule has 0 saturated carbocycles. The minimum Gasteiger partial charge on any atom is -0.394 e. The Hall–Kier alpha value is -1.22. The van der Waals surface area contributed by atoms with Crippen LogP contribution in [0.25, 0.3) is 0 Å². The zero-order valence-electron chi connectivity index (χ0n) is 14.0. The van der Waals surface area contributed by atoms with E-state index >= 15 is 0 Å². The molecule has 1 saturated heterocycles. The molecular weight excluding hydrogens is 358 g/mol. The van der Waals surface area contributed by atoms with Crippen LogP contribution in [0.4, 0.5) is 0 Å². The number of carbonyl (C=O) groups is 2. The molecule has 152 valence electrons. The zero-order chi connectivity index (χ0) is 20.0. The summed E-state index contributed by atoms with van der Waals surface area (Å²) in [6.07, 6.45) is -13.5. The van der Waals surface area contributed by atoms with Crippen LogP contribution in [0.5, 0.6) is 0 Å². The molecule has 0 aliphatic carbocycles. The number of ether oxygens (including phenoxy) is 2. The van der Waals surface area contributed by atoms with Crippen molar-refractivity contribution in [3.05, 3.63) is 0 Å². The Morgan fingerprint density at radius 3 is 2.27 bits per heavy atom. The SMILES string of the molecule is CC(=O)N[C@H]1[C@H](O[C@@H](C=O)[C@@H](O)[C@@H](O)[C@H](O)CO)O[C@H](CO)[C@H](O)[C@@H]1O. The molecular formula is C14H25NO11. The minimum atomic E-state index is -1.98. The van der Waals surface area contributed by atoms with E-state index in [1.165, 1.54) is 0 Å². The average Bonchev–Trinajstić information content (AvgIpc) is 2.62. The number of aliphatic hydroxyl groups excluding tert-OH is 7. The molecule has 0 aromatic carbocycles. The fourth-order valence-corrected chi connectivity index (χ4v) is 2.46. The molecule has 12 heteroatoms. The Bertz CT molecular complexity index is 464. The second-order valence-electron chi connectivity index (χ2n) is 5.90. The maximum absolute atomic E-state index is 11.3. The molecule has 12 nitrogen and oxygen atoms in total. The van der Waals surface area contributed by atoms with E-state index in [1.807, 2.05) is 0 Å². The van der Waals surface area contributed by atoms with Gasteiger partial charge in [-0.25, -0.2) is 0 Å². The van der Waals surface area contributed by atoms with Crippen molar-refractivity contribution in [2.24, 2.45) is 0 Å². The molecule has 0 aromatic heterocycles. The predicted molar refractivity (Wildman–Crippen MR) is 81.4 cm³/mol. The standard InChI is InChI=1S/C14H25NO11/c1-5(19)15-9-13(24)12(23)8(4-18)26-14(9)25-7(3-17)11(22)10(21)6(20)2-16/h3,6-14,16,18,20-24H,2,4H2,1H3,(H,15,19)/t6-,7+,8-,9-,10+,11-,12+,13-,14-/m1/s1. The summed E-state index contributed by atoms with van der Waals surface area (Å²) in [5, 5.41) is 69.2. The highest BCUT2D eigenvalue weighted by atomic mass is 16.7. The van der Waals surface area contributed by atoms with E-state index in [2.05, 4.69) is 5.32 Å². The lowest BCUT2D eigenvalue weighted by molar-refractivity contribution is -0.287. The molecule has 1 heterocycles. The van der Waals surface area contributed by atoms with Gasteiger partial charge in [0.1, 0.15) is 48.8 Å². The Balaban J connectivity index is 2.98. The van der Waals surface area contributed by atoms with Crippen molar-refractivity contribution in [1.29, 1.82) is 0 Å². The van der Waals surface area contributed by atoms with Crippen LogP contribution >= 0.6 is 0 Å². The lowest BCUT2D eigenvalue weighted by atomic mass is 9.96. The number of carbonyl (C=O) groups excluding carboxylic acids is 2.